The molecule has 3 aromatic carbocycles. The Kier molecular flexibility index (Phi) is 6.22. The van der Waals surface area contributed by atoms with Crippen molar-refractivity contribution in [1.29, 1.82) is 0 Å². The van der Waals surface area contributed by atoms with Crippen molar-refractivity contribution < 1.29 is 42.8 Å². The predicted octanol–water partition coefficient (Wildman–Crippen LogP) is 5.58. The Balaban J connectivity index is 1.47. The quantitative estimate of drug-likeness (QED) is 0.201. The van der Waals surface area contributed by atoms with Crippen LogP contribution in [-0.2, 0) is 4.79 Å². The monoisotopic (exact) mass is 554 g/mol. The van der Waals surface area contributed by atoms with Crippen LogP contribution in [0.5, 0.6) is 23.0 Å². The fourth-order valence-corrected chi connectivity index (χ4v) is 5.05. The summed E-state index contributed by atoms with van der Waals surface area (Å²) in [5, 5.41) is 19.9. The van der Waals surface area contributed by atoms with Crippen molar-refractivity contribution >= 4 is 22.9 Å². The summed E-state index contributed by atoms with van der Waals surface area (Å²) < 4.78 is 28.1. The van der Waals surface area contributed by atoms with Crippen LogP contribution < -0.4 is 19.6 Å². The molecule has 1 aliphatic rings. The molecular formula is C31H22O10. The molecule has 3 heterocycles. The first-order valence-corrected chi connectivity index (χ1v) is 12.5. The number of carbonyl (C=O) groups is 2. The van der Waals surface area contributed by atoms with Gasteiger partial charge < -0.3 is 33.3 Å². The lowest BCUT2D eigenvalue weighted by atomic mass is 9.88. The molecule has 0 aliphatic carbocycles. The Bertz CT molecular complexity index is 1900. The van der Waals surface area contributed by atoms with Gasteiger partial charge in [-0.1, -0.05) is 18.2 Å². The van der Waals surface area contributed by atoms with E-state index in [4.69, 9.17) is 28.2 Å². The molecule has 0 fully saturated rings. The van der Waals surface area contributed by atoms with Gasteiger partial charge in [-0.3, -0.25) is 9.59 Å². The van der Waals surface area contributed by atoms with Crippen LogP contribution in [0.1, 0.15) is 34.0 Å². The molecule has 1 aliphatic heterocycles. The highest BCUT2D eigenvalue weighted by molar-refractivity contribution is 5.94. The van der Waals surface area contributed by atoms with E-state index in [0.29, 0.717) is 39.7 Å². The zero-order valence-electron chi connectivity index (χ0n) is 21.8. The average Bonchev–Trinajstić information content (AvgIpc) is 3.46. The van der Waals surface area contributed by atoms with Crippen LogP contribution in [0.2, 0.25) is 0 Å². The predicted molar refractivity (Wildman–Crippen MR) is 146 cm³/mol. The van der Waals surface area contributed by atoms with Crippen molar-refractivity contribution in [3.63, 3.8) is 0 Å². The van der Waals surface area contributed by atoms with Gasteiger partial charge in [-0.2, -0.15) is 0 Å². The van der Waals surface area contributed by atoms with Crippen LogP contribution >= 0.6 is 0 Å². The van der Waals surface area contributed by atoms with Crippen LogP contribution in [0.4, 0.5) is 0 Å². The maximum atomic E-state index is 13.7. The van der Waals surface area contributed by atoms with E-state index in [2.05, 4.69) is 0 Å². The summed E-state index contributed by atoms with van der Waals surface area (Å²) in [4.78, 5) is 37.4. The van der Waals surface area contributed by atoms with Crippen molar-refractivity contribution in [2.24, 2.45) is 0 Å². The average molecular weight is 555 g/mol. The first-order valence-electron chi connectivity index (χ1n) is 12.5. The minimum absolute atomic E-state index is 0.0574. The SMILES string of the molecule is COc1ccc(-c2coc3c4c(cc(O)c3c2=O)OC(=O)CC4c2ccc(-c3ccc(C(=O)O)cc3)o2)cc1OC. The molecule has 1 unspecified atom stereocenters. The lowest BCUT2D eigenvalue weighted by Crippen LogP contribution is -2.21. The number of phenols is 1. The molecule has 0 radical (unpaired) electrons. The minimum Gasteiger partial charge on any atom is -0.507 e. The maximum absolute atomic E-state index is 13.7. The molecule has 0 bridgehead atoms. The van der Waals surface area contributed by atoms with Gasteiger partial charge in [0.1, 0.15) is 40.3 Å². The van der Waals surface area contributed by atoms with Gasteiger partial charge in [-0.15, -0.1) is 0 Å². The number of aromatic carboxylic acids is 1. The number of benzene rings is 3. The standard InChI is InChI=1S/C31H22O10/c1-37-23-8-7-17(11-24(23)38-2)19-14-39-30-27-18(12-26(33)41-25(27)13-20(32)28(30)29(19)34)22-10-9-21(40-22)15-3-5-16(6-4-15)31(35)36/h3-11,13-14,18,32H,12H2,1-2H3,(H,35,36). The molecule has 2 aromatic heterocycles. The largest absolute Gasteiger partial charge is 0.507 e. The van der Waals surface area contributed by atoms with Gasteiger partial charge in [0.05, 0.1) is 37.7 Å². The van der Waals surface area contributed by atoms with Crippen molar-refractivity contribution in [2.75, 3.05) is 14.2 Å². The zero-order chi connectivity index (χ0) is 28.8. The van der Waals surface area contributed by atoms with Gasteiger partial charge in [-0.05, 0) is 42.0 Å². The highest BCUT2D eigenvalue weighted by Gasteiger charge is 2.35. The number of furan rings is 1. The van der Waals surface area contributed by atoms with E-state index in [1.165, 1.54) is 38.7 Å². The Hall–Kier alpha value is -5.51. The number of esters is 1. The van der Waals surface area contributed by atoms with E-state index in [9.17, 15) is 19.5 Å². The van der Waals surface area contributed by atoms with Gasteiger partial charge in [0.25, 0.3) is 0 Å². The number of aromatic hydroxyl groups is 1. The molecule has 0 amide bonds. The molecule has 5 aromatic rings. The summed E-state index contributed by atoms with van der Waals surface area (Å²) in [6, 6.07) is 15.8. The highest BCUT2D eigenvalue weighted by atomic mass is 16.5. The number of methoxy groups -OCH3 is 2. The Morgan fingerprint density at radius 2 is 1.66 bits per heavy atom. The van der Waals surface area contributed by atoms with Crippen LogP contribution in [0.3, 0.4) is 0 Å². The van der Waals surface area contributed by atoms with Crippen molar-refractivity contribution in [3.05, 3.63) is 94.0 Å². The Labute approximate surface area is 231 Å². The van der Waals surface area contributed by atoms with Gasteiger partial charge in [0, 0.05) is 17.2 Å². The third-order valence-electron chi connectivity index (χ3n) is 7.05. The molecule has 0 saturated heterocycles. The molecule has 1 atom stereocenters. The van der Waals surface area contributed by atoms with E-state index >= 15 is 0 Å². The first-order chi connectivity index (χ1) is 19.8. The third kappa shape index (κ3) is 4.35. The highest BCUT2D eigenvalue weighted by Crippen LogP contribution is 2.46. The second kappa shape index (κ2) is 9.91. The molecule has 6 rings (SSSR count). The lowest BCUT2D eigenvalue weighted by Gasteiger charge is -2.24. The summed E-state index contributed by atoms with van der Waals surface area (Å²) in [5.74, 6) is -0.859. The van der Waals surface area contributed by atoms with Crippen LogP contribution in [0.25, 0.3) is 33.4 Å². The topological polar surface area (TPSA) is 146 Å². The van der Waals surface area contributed by atoms with Crippen LogP contribution in [0, 0.1) is 0 Å². The third-order valence-corrected chi connectivity index (χ3v) is 7.05. The number of carboxylic acids is 1. The summed E-state index contributed by atoms with van der Waals surface area (Å²) in [7, 11) is 2.98. The molecule has 2 N–H and O–H groups in total. The van der Waals surface area contributed by atoms with E-state index in [-0.39, 0.29) is 34.3 Å². The number of hydrogen-bond donors (Lipinski definition) is 2. The summed E-state index contributed by atoms with van der Waals surface area (Å²) in [5.41, 5.74) is 1.41. The summed E-state index contributed by atoms with van der Waals surface area (Å²) >= 11 is 0. The van der Waals surface area contributed by atoms with Gasteiger partial charge in [-0.25, -0.2) is 4.79 Å². The number of hydrogen-bond acceptors (Lipinski definition) is 9. The number of fused-ring (bicyclic) bond motifs is 3. The smallest absolute Gasteiger partial charge is 0.335 e. The fraction of sp³-hybridized carbons (Fsp3) is 0.129. The second-order valence-electron chi connectivity index (χ2n) is 9.38. The molecule has 0 spiro atoms. The Morgan fingerprint density at radius 1 is 0.927 bits per heavy atom. The molecule has 0 saturated carbocycles. The summed E-state index contributed by atoms with van der Waals surface area (Å²) in [6.07, 6.45) is 1.19. The molecular weight excluding hydrogens is 532 g/mol. The van der Waals surface area contributed by atoms with Gasteiger partial charge >= 0.3 is 11.9 Å². The van der Waals surface area contributed by atoms with Crippen molar-refractivity contribution in [3.8, 4) is 45.4 Å². The van der Waals surface area contributed by atoms with Gasteiger partial charge in [0.15, 0.2) is 11.5 Å². The van der Waals surface area contributed by atoms with E-state index < -0.39 is 29.0 Å². The number of carboxylic acid groups (broad SMARTS) is 1. The van der Waals surface area contributed by atoms with E-state index in [1.807, 2.05) is 0 Å². The van der Waals surface area contributed by atoms with Crippen LogP contribution in [-0.4, -0.2) is 36.4 Å². The normalized spacial score (nSPS) is 14.4. The lowest BCUT2D eigenvalue weighted by molar-refractivity contribution is -0.135. The molecule has 10 nitrogen and oxygen atoms in total. The second-order valence-corrected chi connectivity index (χ2v) is 9.38. The number of phenolic OH excluding ortho intramolecular Hbond substituents is 1. The van der Waals surface area contributed by atoms with E-state index in [1.54, 1.807) is 42.5 Å². The minimum atomic E-state index is -1.04. The fourth-order valence-electron chi connectivity index (χ4n) is 5.05. The summed E-state index contributed by atoms with van der Waals surface area (Å²) in [6.45, 7) is 0. The maximum Gasteiger partial charge on any atom is 0.335 e. The first kappa shape index (κ1) is 25.8. The molecule has 206 valence electrons. The molecule has 41 heavy (non-hydrogen) atoms. The number of ether oxygens (including phenoxy) is 3. The van der Waals surface area contributed by atoms with E-state index in [0.717, 1.165) is 0 Å². The van der Waals surface area contributed by atoms with Crippen molar-refractivity contribution in [1.82, 2.24) is 0 Å². The van der Waals surface area contributed by atoms with Gasteiger partial charge in [0.2, 0.25) is 5.43 Å². The Morgan fingerprint density at radius 3 is 2.37 bits per heavy atom. The van der Waals surface area contributed by atoms with Crippen LogP contribution in [0.15, 0.2) is 80.6 Å². The van der Waals surface area contributed by atoms with Crippen molar-refractivity contribution in [2.45, 2.75) is 12.3 Å². The molecule has 10 heteroatoms. The zero-order valence-corrected chi connectivity index (χ0v) is 21.8. The number of carbonyl (C=O) groups excluding carboxylic acids is 1. The number of rotatable bonds is 6.